The molecule has 0 N–H and O–H groups in total. The van der Waals surface area contributed by atoms with E-state index in [9.17, 15) is 21.9 Å². The molecule has 1 atom stereocenters. The molecule has 1 fully saturated rings. The van der Waals surface area contributed by atoms with Crippen molar-refractivity contribution in [2.24, 2.45) is 5.92 Å². The molecule has 1 saturated heterocycles. The zero-order valence-corrected chi connectivity index (χ0v) is 12.0. The molecule has 1 aliphatic rings. The highest BCUT2D eigenvalue weighted by molar-refractivity contribution is 7.86. The Morgan fingerprint density at radius 3 is 2.86 bits per heavy atom. The minimum Gasteiger partial charge on any atom is -0.465 e. The molecule has 0 aromatic carbocycles. The third-order valence-corrected chi connectivity index (χ3v) is 3.97. The lowest BCUT2D eigenvalue weighted by atomic mass is 10.1. The second kappa shape index (κ2) is 5.76. The Hall–Kier alpha value is -2.03. The lowest BCUT2D eigenvalue weighted by Crippen LogP contribution is -2.25. The van der Waals surface area contributed by atoms with Gasteiger partial charge in [0.05, 0.1) is 30.3 Å². The highest BCUT2D eigenvalue weighted by Crippen LogP contribution is 2.26. The lowest BCUT2D eigenvalue weighted by Gasteiger charge is -2.16. The highest BCUT2D eigenvalue weighted by Gasteiger charge is 2.34. The quantitative estimate of drug-likeness (QED) is 0.594. The van der Waals surface area contributed by atoms with Gasteiger partial charge in [-0.25, -0.2) is 4.79 Å². The normalized spacial score (nSPS) is 18.9. The van der Waals surface area contributed by atoms with Crippen LogP contribution in [0.2, 0.25) is 0 Å². The fourth-order valence-corrected chi connectivity index (χ4v) is 3.02. The van der Waals surface area contributed by atoms with Gasteiger partial charge in [0, 0.05) is 25.1 Å². The maximum atomic E-state index is 12.7. The number of rotatable bonds is 4. The Labute approximate surface area is 120 Å². The van der Waals surface area contributed by atoms with Gasteiger partial charge in [-0.2, -0.15) is 8.42 Å². The van der Waals surface area contributed by atoms with Crippen molar-refractivity contribution in [2.75, 3.05) is 24.3 Å². The van der Waals surface area contributed by atoms with Crippen LogP contribution in [0.1, 0.15) is 16.8 Å². The molecule has 114 valence electrons. The number of halogens is 1. The van der Waals surface area contributed by atoms with Gasteiger partial charge in [-0.3, -0.25) is 9.78 Å². The lowest BCUT2D eigenvalue weighted by molar-refractivity contribution is -0.117. The van der Waals surface area contributed by atoms with Crippen LogP contribution in [0, 0.1) is 5.92 Å². The van der Waals surface area contributed by atoms with Crippen molar-refractivity contribution >= 4 is 27.8 Å². The maximum Gasteiger partial charge on any atom is 0.339 e. The monoisotopic (exact) mass is 316 g/mol. The van der Waals surface area contributed by atoms with Gasteiger partial charge in [-0.15, -0.1) is 3.89 Å². The van der Waals surface area contributed by atoms with Crippen LogP contribution in [0.25, 0.3) is 0 Å². The average molecular weight is 316 g/mol. The molecule has 0 bridgehead atoms. The predicted octanol–water partition coefficient (Wildman–Crippen LogP) is 0.520. The molecule has 21 heavy (non-hydrogen) atoms. The van der Waals surface area contributed by atoms with E-state index in [1.54, 1.807) is 0 Å². The first kappa shape index (κ1) is 15.4. The number of methoxy groups -OCH3 is 1. The summed E-state index contributed by atoms with van der Waals surface area (Å²) in [7, 11) is -3.41. The first-order valence-corrected chi connectivity index (χ1v) is 7.61. The molecule has 2 rings (SSSR count). The van der Waals surface area contributed by atoms with Crippen LogP contribution in [0.15, 0.2) is 18.5 Å². The zero-order valence-electron chi connectivity index (χ0n) is 11.2. The highest BCUT2D eigenvalue weighted by atomic mass is 32.3. The number of carbonyl (C=O) groups is 2. The van der Waals surface area contributed by atoms with Crippen molar-refractivity contribution in [3.05, 3.63) is 24.0 Å². The number of amides is 1. The van der Waals surface area contributed by atoms with Crippen LogP contribution in [0.3, 0.4) is 0 Å². The van der Waals surface area contributed by atoms with Crippen LogP contribution >= 0.6 is 0 Å². The summed E-state index contributed by atoms with van der Waals surface area (Å²) in [4.78, 5) is 28.4. The van der Waals surface area contributed by atoms with Crippen LogP contribution in [0.4, 0.5) is 9.57 Å². The largest absolute Gasteiger partial charge is 0.465 e. The minimum atomic E-state index is -4.63. The molecule has 1 amide bonds. The number of nitrogens with zero attached hydrogens (tertiary/aromatic N) is 2. The van der Waals surface area contributed by atoms with Gasteiger partial charge < -0.3 is 9.64 Å². The van der Waals surface area contributed by atoms with E-state index in [2.05, 4.69) is 9.72 Å². The molecule has 0 radical (unpaired) electrons. The Morgan fingerprint density at radius 1 is 1.52 bits per heavy atom. The number of carbonyl (C=O) groups excluding carboxylic acids is 2. The van der Waals surface area contributed by atoms with Crippen LogP contribution in [-0.4, -0.2) is 44.7 Å². The standard InChI is InChI=1S/C12H13FN2O5S/c1-20-12(17)9-3-10(5-14-4-9)15-6-8(2-11(15)16)7-21(13,18)19/h3-5,8H,2,6-7H2,1H3. The van der Waals surface area contributed by atoms with Gasteiger partial charge in [0.2, 0.25) is 5.91 Å². The summed E-state index contributed by atoms with van der Waals surface area (Å²) in [6, 6.07) is 1.42. The molecule has 1 aliphatic heterocycles. The van der Waals surface area contributed by atoms with Gasteiger partial charge in [0.1, 0.15) is 0 Å². The van der Waals surface area contributed by atoms with E-state index in [0.29, 0.717) is 5.69 Å². The Bertz CT molecular complexity index is 676. The molecule has 1 aromatic heterocycles. The number of hydrogen-bond donors (Lipinski definition) is 0. The second-order valence-corrected chi connectivity index (χ2v) is 6.11. The van der Waals surface area contributed by atoms with Crippen LogP contribution in [-0.2, 0) is 19.8 Å². The van der Waals surface area contributed by atoms with Crippen molar-refractivity contribution < 1.29 is 26.6 Å². The summed E-state index contributed by atoms with van der Waals surface area (Å²) < 4.78 is 38.5. The number of pyridine rings is 1. The van der Waals surface area contributed by atoms with E-state index in [4.69, 9.17) is 0 Å². The van der Waals surface area contributed by atoms with E-state index in [1.165, 1.54) is 30.5 Å². The smallest absolute Gasteiger partial charge is 0.339 e. The summed E-state index contributed by atoms with van der Waals surface area (Å²) in [6.45, 7) is 0.0638. The van der Waals surface area contributed by atoms with Gasteiger partial charge in [0.15, 0.2) is 0 Å². The third-order valence-electron chi connectivity index (χ3n) is 3.10. The number of hydrogen-bond acceptors (Lipinski definition) is 6. The van der Waals surface area contributed by atoms with Crippen molar-refractivity contribution in [3.8, 4) is 0 Å². The van der Waals surface area contributed by atoms with E-state index in [0.717, 1.165) is 0 Å². The zero-order chi connectivity index (χ0) is 15.6. The van der Waals surface area contributed by atoms with E-state index >= 15 is 0 Å². The SMILES string of the molecule is COC(=O)c1cncc(N2CC(CS(=O)(=O)F)CC2=O)c1. The molecule has 9 heteroatoms. The van der Waals surface area contributed by atoms with Crippen LogP contribution in [0.5, 0.6) is 0 Å². The van der Waals surface area contributed by atoms with Gasteiger partial charge >= 0.3 is 16.2 Å². The first-order chi connectivity index (χ1) is 9.80. The van der Waals surface area contributed by atoms with Crippen molar-refractivity contribution in [1.29, 1.82) is 0 Å². The minimum absolute atomic E-state index is 0.0638. The predicted molar refractivity (Wildman–Crippen MR) is 70.9 cm³/mol. The molecule has 1 unspecified atom stereocenters. The van der Waals surface area contributed by atoms with Gasteiger partial charge in [-0.1, -0.05) is 0 Å². The second-order valence-electron chi connectivity index (χ2n) is 4.70. The molecule has 7 nitrogen and oxygen atoms in total. The van der Waals surface area contributed by atoms with Crippen LogP contribution < -0.4 is 4.90 Å². The van der Waals surface area contributed by atoms with E-state index in [1.807, 2.05) is 0 Å². The van der Waals surface area contributed by atoms with Gasteiger partial charge in [0.25, 0.3) is 0 Å². The summed E-state index contributed by atoms with van der Waals surface area (Å²) >= 11 is 0. The molecule has 0 aliphatic carbocycles. The molecular weight excluding hydrogens is 303 g/mol. The Kier molecular flexibility index (Phi) is 4.21. The number of ether oxygens (including phenoxy) is 1. The Balaban J connectivity index is 2.19. The third kappa shape index (κ3) is 3.75. The summed E-state index contributed by atoms with van der Waals surface area (Å²) in [5, 5.41) is 0. The Morgan fingerprint density at radius 2 is 2.24 bits per heavy atom. The summed E-state index contributed by atoms with van der Waals surface area (Å²) in [5.74, 6) is -2.25. The fourth-order valence-electron chi connectivity index (χ4n) is 2.23. The summed E-state index contributed by atoms with van der Waals surface area (Å²) in [5.41, 5.74) is 0.519. The fraction of sp³-hybridized carbons (Fsp3) is 0.417. The number of esters is 1. The van der Waals surface area contributed by atoms with Crippen molar-refractivity contribution in [3.63, 3.8) is 0 Å². The summed E-state index contributed by atoms with van der Waals surface area (Å²) in [6.07, 6.45) is 2.60. The molecular formula is C12H13FN2O5S. The molecule has 0 saturated carbocycles. The van der Waals surface area contributed by atoms with Gasteiger partial charge in [-0.05, 0) is 6.07 Å². The molecule has 1 aromatic rings. The topological polar surface area (TPSA) is 93.6 Å². The molecule has 0 spiro atoms. The number of aromatic nitrogens is 1. The number of anilines is 1. The molecule has 2 heterocycles. The van der Waals surface area contributed by atoms with Crippen molar-refractivity contribution in [2.45, 2.75) is 6.42 Å². The average Bonchev–Trinajstić information content (AvgIpc) is 2.76. The maximum absolute atomic E-state index is 12.7. The first-order valence-electron chi connectivity index (χ1n) is 6.06. The van der Waals surface area contributed by atoms with Crippen molar-refractivity contribution in [1.82, 2.24) is 4.98 Å². The van der Waals surface area contributed by atoms with E-state index < -0.39 is 27.9 Å². The van der Waals surface area contributed by atoms with E-state index in [-0.39, 0.29) is 24.4 Å².